The second kappa shape index (κ2) is 12.3. The fourth-order valence-corrected chi connectivity index (χ4v) is 8.16. The second-order valence-electron chi connectivity index (χ2n) is 13.2. The predicted molar refractivity (Wildman–Crippen MR) is 164 cm³/mol. The van der Waals surface area contributed by atoms with Crippen LogP contribution in [0, 0.1) is 12.3 Å². The number of anilines is 1. The maximum absolute atomic E-state index is 14.3. The Hall–Kier alpha value is -2.79. The fraction of sp³-hybridized carbons (Fsp3) is 0.576. The zero-order valence-corrected chi connectivity index (χ0v) is 26.8. The maximum atomic E-state index is 14.3. The van der Waals surface area contributed by atoms with Gasteiger partial charge in [0.1, 0.15) is 10.6 Å². The molecule has 2 heterocycles. The first-order valence-corrected chi connectivity index (χ1v) is 16.6. The molecule has 1 aliphatic carbocycles. The number of ether oxygens (including phenoxy) is 3. The topological polar surface area (TPSA) is 102 Å². The first-order chi connectivity index (χ1) is 20.4. The molecule has 5 rings (SSSR count). The molecule has 43 heavy (non-hydrogen) atoms. The zero-order valence-electron chi connectivity index (χ0n) is 26.0. The number of ketones is 1. The molecule has 2 aliphatic heterocycles. The van der Waals surface area contributed by atoms with E-state index in [2.05, 4.69) is 4.90 Å². The molecule has 1 saturated carbocycles. The SMILES string of the molecule is COc1cc(C(=O)CC(C)(C)C)ccc1S(=O)(=O)N1C(=O)C2(CCC(OCCN3CCOCC3)CC2)c2cc(C)ccc21. The third-order valence-electron chi connectivity index (χ3n) is 8.83. The normalized spacial score (nSPS) is 23.0. The van der Waals surface area contributed by atoms with Gasteiger partial charge >= 0.3 is 0 Å². The molecule has 0 radical (unpaired) electrons. The molecule has 234 valence electrons. The van der Waals surface area contributed by atoms with Gasteiger partial charge in [-0.15, -0.1) is 0 Å². The number of hydrogen-bond acceptors (Lipinski definition) is 8. The molecule has 1 saturated heterocycles. The van der Waals surface area contributed by atoms with Gasteiger partial charge in [0, 0.05) is 31.6 Å². The summed E-state index contributed by atoms with van der Waals surface area (Å²) in [6.45, 7) is 12.7. The van der Waals surface area contributed by atoms with Gasteiger partial charge in [0.2, 0.25) is 0 Å². The second-order valence-corrected chi connectivity index (χ2v) is 15.0. The molecule has 0 unspecified atom stereocenters. The molecule has 0 bridgehead atoms. The largest absolute Gasteiger partial charge is 0.495 e. The number of sulfonamides is 1. The van der Waals surface area contributed by atoms with Gasteiger partial charge in [-0.2, -0.15) is 0 Å². The van der Waals surface area contributed by atoms with Crippen molar-refractivity contribution >= 4 is 27.4 Å². The minimum atomic E-state index is -4.35. The molecule has 2 fully saturated rings. The Balaban J connectivity index is 1.39. The van der Waals surface area contributed by atoms with Crippen molar-refractivity contribution < 1.29 is 32.2 Å². The number of morpholine rings is 1. The van der Waals surface area contributed by atoms with Crippen molar-refractivity contribution in [2.45, 2.75) is 76.2 Å². The van der Waals surface area contributed by atoms with Crippen molar-refractivity contribution in [3.05, 3.63) is 53.1 Å². The molecule has 10 heteroatoms. The first-order valence-electron chi connectivity index (χ1n) is 15.2. The van der Waals surface area contributed by atoms with Crippen molar-refractivity contribution in [2.75, 3.05) is 50.9 Å². The summed E-state index contributed by atoms with van der Waals surface area (Å²) in [6, 6.07) is 9.87. The van der Waals surface area contributed by atoms with Gasteiger partial charge in [0.05, 0.1) is 44.1 Å². The summed E-state index contributed by atoms with van der Waals surface area (Å²) in [4.78, 5) is 29.4. The molecule has 2 aromatic rings. The quantitative estimate of drug-likeness (QED) is 0.369. The Morgan fingerprint density at radius 1 is 1.07 bits per heavy atom. The third-order valence-corrected chi connectivity index (χ3v) is 10.6. The lowest BCUT2D eigenvalue weighted by Crippen LogP contribution is -2.46. The molecule has 0 N–H and O–H groups in total. The number of methoxy groups -OCH3 is 1. The summed E-state index contributed by atoms with van der Waals surface area (Å²) in [5, 5.41) is 0. The summed E-state index contributed by atoms with van der Waals surface area (Å²) in [6.07, 6.45) is 2.69. The Kier molecular flexibility index (Phi) is 9.05. The van der Waals surface area contributed by atoms with E-state index in [4.69, 9.17) is 14.2 Å². The smallest absolute Gasteiger partial charge is 0.274 e. The Morgan fingerprint density at radius 2 is 1.77 bits per heavy atom. The molecule has 0 aromatic heterocycles. The number of fused-ring (bicyclic) bond motifs is 2. The van der Waals surface area contributed by atoms with E-state index in [1.54, 1.807) is 6.07 Å². The lowest BCUT2D eigenvalue weighted by Gasteiger charge is -2.36. The van der Waals surface area contributed by atoms with Gasteiger partial charge < -0.3 is 14.2 Å². The number of rotatable bonds is 9. The highest BCUT2D eigenvalue weighted by molar-refractivity contribution is 7.93. The number of nitrogens with zero attached hydrogens (tertiary/aromatic N) is 2. The van der Waals surface area contributed by atoms with E-state index in [1.807, 2.05) is 39.8 Å². The average Bonchev–Trinajstić information content (AvgIpc) is 3.20. The highest BCUT2D eigenvalue weighted by Gasteiger charge is 2.56. The van der Waals surface area contributed by atoms with Crippen LogP contribution in [-0.4, -0.2) is 77.7 Å². The summed E-state index contributed by atoms with van der Waals surface area (Å²) in [5.41, 5.74) is 1.32. The van der Waals surface area contributed by atoms with Crippen molar-refractivity contribution in [1.29, 1.82) is 0 Å². The molecular formula is C33H44N2O7S. The van der Waals surface area contributed by atoms with Gasteiger partial charge in [-0.05, 0) is 67.9 Å². The van der Waals surface area contributed by atoms with Crippen molar-refractivity contribution in [3.63, 3.8) is 0 Å². The molecule has 1 amide bonds. The number of carbonyl (C=O) groups excluding carboxylic acids is 2. The summed E-state index contributed by atoms with van der Waals surface area (Å²) in [5.74, 6) is -0.495. The highest BCUT2D eigenvalue weighted by Crippen LogP contribution is 2.52. The summed E-state index contributed by atoms with van der Waals surface area (Å²) in [7, 11) is -2.98. The molecule has 1 spiro atoms. The van der Waals surface area contributed by atoms with E-state index >= 15 is 0 Å². The van der Waals surface area contributed by atoms with Gasteiger partial charge in [-0.3, -0.25) is 14.5 Å². The van der Waals surface area contributed by atoms with Crippen LogP contribution in [0.15, 0.2) is 41.3 Å². The first kappa shape index (κ1) is 31.6. The number of hydrogen-bond donors (Lipinski definition) is 0. The third kappa shape index (κ3) is 6.38. The van der Waals surface area contributed by atoms with Crippen LogP contribution in [0.1, 0.15) is 74.4 Å². The van der Waals surface area contributed by atoms with Gasteiger partial charge in [0.25, 0.3) is 15.9 Å². The Labute approximate surface area is 255 Å². The molecular weight excluding hydrogens is 568 g/mol. The van der Waals surface area contributed by atoms with Crippen molar-refractivity contribution in [3.8, 4) is 5.75 Å². The van der Waals surface area contributed by atoms with Crippen LogP contribution in [0.2, 0.25) is 0 Å². The average molecular weight is 613 g/mol. The van der Waals surface area contributed by atoms with E-state index in [-0.39, 0.29) is 27.9 Å². The van der Waals surface area contributed by atoms with Crippen LogP contribution in [-0.2, 0) is 29.7 Å². The lowest BCUT2D eigenvalue weighted by molar-refractivity contribution is -0.124. The van der Waals surface area contributed by atoms with Gasteiger partial charge in [-0.1, -0.05) is 38.5 Å². The van der Waals surface area contributed by atoms with Crippen LogP contribution < -0.4 is 9.04 Å². The number of amides is 1. The van der Waals surface area contributed by atoms with Crippen LogP contribution >= 0.6 is 0 Å². The molecule has 3 aliphatic rings. The van der Waals surface area contributed by atoms with E-state index < -0.39 is 21.3 Å². The van der Waals surface area contributed by atoms with Crippen molar-refractivity contribution in [2.24, 2.45) is 5.41 Å². The lowest BCUT2D eigenvalue weighted by atomic mass is 9.69. The fourth-order valence-electron chi connectivity index (χ4n) is 6.51. The number of carbonyl (C=O) groups is 2. The van der Waals surface area contributed by atoms with Crippen molar-refractivity contribution in [1.82, 2.24) is 4.90 Å². The zero-order chi connectivity index (χ0) is 31.0. The van der Waals surface area contributed by atoms with Crippen LogP contribution in [0.25, 0.3) is 0 Å². The Morgan fingerprint density at radius 3 is 2.42 bits per heavy atom. The van der Waals surface area contributed by atoms with Gasteiger partial charge in [0.15, 0.2) is 5.78 Å². The van der Waals surface area contributed by atoms with Gasteiger partial charge in [-0.25, -0.2) is 12.7 Å². The van der Waals surface area contributed by atoms with Crippen LogP contribution in [0.3, 0.4) is 0 Å². The minimum absolute atomic E-state index is 0.0247. The number of aryl methyl sites for hydroxylation is 1. The number of Topliss-reactive ketones (excluding diaryl/α,β-unsaturated/α-hetero) is 1. The van der Waals surface area contributed by atoms with E-state index in [0.29, 0.717) is 50.0 Å². The predicted octanol–water partition coefficient (Wildman–Crippen LogP) is 4.89. The van der Waals surface area contributed by atoms with Crippen LogP contribution in [0.5, 0.6) is 5.75 Å². The molecule has 9 nitrogen and oxygen atoms in total. The minimum Gasteiger partial charge on any atom is -0.495 e. The monoisotopic (exact) mass is 612 g/mol. The summed E-state index contributed by atoms with van der Waals surface area (Å²) >= 11 is 0. The molecule has 2 aromatic carbocycles. The standard InChI is InChI=1S/C33H44N2O7S/c1-23-6-8-27-26(20-23)33(12-10-25(11-13-33)42-19-16-34-14-17-41-18-15-34)31(37)35(27)43(38,39)30-9-7-24(21-29(30)40-5)28(36)22-32(2,3)4/h6-9,20-21,25H,10-19,22H2,1-5H3. The number of benzene rings is 2. The highest BCUT2D eigenvalue weighted by atomic mass is 32.2. The summed E-state index contributed by atoms with van der Waals surface area (Å²) < 4.78 is 46.6. The van der Waals surface area contributed by atoms with E-state index in [0.717, 1.165) is 48.3 Å². The van der Waals surface area contributed by atoms with E-state index in [1.165, 1.54) is 25.3 Å². The van der Waals surface area contributed by atoms with Crippen LogP contribution in [0.4, 0.5) is 5.69 Å². The van der Waals surface area contributed by atoms with E-state index in [9.17, 15) is 18.0 Å². The molecule has 0 atom stereocenters. The Bertz CT molecular complexity index is 1470. The maximum Gasteiger partial charge on any atom is 0.274 e.